The highest BCUT2D eigenvalue weighted by Gasteiger charge is 2.11. The summed E-state index contributed by atoms with van der Waals surface area (Å²) in [7, 11) is -2.16. The summed E-state index contributed by atoms with van der Waals surface area (Å²) < 4.78 is 34.8. The molecule has 0 aliphatic heterocycles. The second-order valence-electron chi connectivity index (χ2n) is 4.50. The van der Waals surface area contributed by atoms with Gasteiger partial charge in [0.05, 0.1) is 24.8 Å². The Labute approximate surface area is 135 Å². The van der Waals surface area contributed by atoms with Crippen LogP contribution >= 0.6 is 0 Å². The fraction of sp³-hybridized carbons (Fsp3) is 0.188. The van der Waals surface area contributed by atoms with Crippen LogP contribution in [0.2, 0.25) is 0 Å². The Kier molecular flexibility index (Phi) is 5.59. The molecule has 1 N–H and O–H groups in total. The number of hydrazone groups is 1. The molecule has 0 unspecified atom stereocenters. The van der Waals surface area contributed by atoms with Gasteiger partial charge >= 0.3 is 0 Å². The summed E-state index contributed by atoms with van der Waals surface area (Å²) in [5, 5.41) is 3.80. The molecule has 0 aromatic heterocycles. The van der Waals surface area contributed by atoms with E-state index in [1.54, 1.807) is 36.4 Å². The van der Waals surface area contributed by atoms with E-state index in [2.05, 4.69) is 9.93 Å². The second kappa shape index (κ2) is 7.64. The molecule has 0 aliphatic rings. The van der Waals surface area contributed by atoms with Gasteiger partial charge in [-0.3, -0.25) is 0 Å². The van der Waals surface area contributed by atoms with Crippen LogP contribution in [0.3, 0.4) is 0 Å². The van der Waals surface area contributed by atoms with Crippen molar-refractivity contribution in [3.05, 3.63) is 54.1 Å². The molecule has 0 spiro atoms. The lowest BCUT2D eigenvalue weighted by molar-refractivity contribution is 0.339. The molecule has 0 bridgehead atoms. The molecule has 0 aliphatic carbocycles. The van der Waals surface area contributed by atoms with E-state index in [4.69, 9.17) is 9.47 Å². The topological polar surface area (TPSA) is 77.0 Å². The largest absolute Gasteiger partial charge is 0.496 e. The van der Waals surface area contributed by atoms with Crippen molar-refractivity contribution in [1.29, 1.82) is 0 Å². The summed E-state index contributed by atoms with van der Waals surface area (Å²) in [5.41, 5.74) is 0.606. The average Bonchev–Trinajstić information content (AvgIpc) is 2.56. The van der Waals surface area contributed by atoms with Crippen molar-refractivity contribution in [3.63, 3.8) is 0 Å². The molecule has 2 rings (SSSR count). The maximum absolute atomic E-state index is 12.1. The first kappa shape index (κ1) is 16.8. The number of hydrogen-bond acceptors (Lipinski definition) is 5. The van der Waals surface area contributed by atoms with Gasteiger partial charge in [0.25, 0.3) is 10.0 Å². The van der Waals surface area contributed by atoms with Crippen LogP contribution in [0.5, 0.6) is 11.5 Å². The number of rotatable bonds is 7. The van der Waals surface area contributed by atoms with Crippen LogP contribution in [-0.4, -0.2) is 28.3 Å². The number of nitrogens with zero attached hydrogens (tertiary/aromatic N) is 1. The molecule has 6 nitrogen and oxygen atoms in total. The van der Waals surface area contributed by atoms with Gasteiger partial charge < -0.3 is 9.47 Å². The monoisotopic (exact) mass is 334 g/mol. The average molecular weight is 334 g/mol. The molecular formula is C16H18N2O4S. The van der Waals surface area contributed by atoms with E-state index < -0.39 is 10.0 Å². The van der Waals surface area contributed by atoms with Gasteiger partial charge in [0.15, 0.2) is 0 Å². The highest BCUT2D eigenvalue weighted by molar-refractivity contribution is 7.89. The van der Waals surface area contributed by atoms with Crippen LogP contribution < -0.4 is 14.3 Å². The van der Waals surface area contributed by atoms with Crippen LogP contribution in [0.4, 0.5) is 0 Å². The van der Waals surface area contributed by atoms with Crippen molar-refractivity contribution in [2.75, 3.05) is 13.7 Å². The Bertz CT molecular complexity index is 774. The van der Waals surface area contributed by atoms with Crippen molar-refractivity contribution < 1.29 is 17.9 Å². The Hall–Kier alpha value is -2.54. The molecule has 0 amide bonds. The normalized spacial score (nSPS) is 11.4. The fourth-order valence-electron chi connectivity index (χ4n) is 1.89. The van der Waals surface area contributed by atoms with E-state index in [-0.39, 0.29) is 4.90 Å². The van der Waals surface area contributed by atoms with Crippen molar-refractivity contribution in [3.8, 4) is 11.5 Å². The molecule has 2 aromatic rings. The Morgan fingerprint density at radius 2 is 1.91 bits per heavy atom. The van der Waals surface area contributed by atoms with Crippen LogP contribution in [0.1, 0.15) is 12.5 Å². The van der Waals surface area contributed by atoms with Crippen molar-refractivity contribution in [2.45, 2.75) is 11.8 Å². The number of hydrogen-bond donors (Lipinski definition) is 1. The minimum Gasteiger partial charge on any atom is -0.496 e. The first-order valence-electron chi connectivity index (χ1n) is 6.97. The zero-order valence-electron chi connectivity index (χ0n) is 12.9. The summed E-state index contributed by atoms with van der Waals surface area (Å²) in [6.45, 7) is 2.41. The molecule has 7 heteroatoms. The molecule has 2 aromatic carbocycles. The molecule has 0 radical (unpaired) electrons. The van der Waals surface area contributed by atoms with Gasteiger partial charge in [0.1, 0.15) is 11.5 Å². The van der Waals surface area contributed by atoms with Crippen LogP contribution in [-0.2, 0) is 10.0 Å². The van der Waals surface area contributed by atoms with Crippen molar-refractivity contribution >= 4 is 16.2 Å². The molecule has 0 fully saturated rings. The first-order chi connectivity index (χ1) is 11.1. The molecule has 0 saturated carbocycles. The quantitative estimate of drug-likeness (QED) is 0.623. The van der Waals surface area contributed by atoms with E-state index in [1.807, 2.05) is 6.92 Å². The second-order valence-corrected chi connectivity index (χ2v) is 6.16. The maximum atomic E-state index is 12.1. The first-order valence-corrected chi connectivity index (χ1v) is 8.46. The van der Waals surface area contributed by atoms with Crippen molar-refractivity contribution in [1.82, 2.24) is 4.83 Å². The lowest BCUT2D eigenvalue weighted by Gasteiger charge is -2.08. The summed E-state index contributed by atoms with van der Waals surface area (Å²) in [6, 6.07) is 13.3. The van der Waals surface area contributed by atoms with Crippen LogP contribution in [0, 0.1) is 0 Å². The Morgan fingerprint density at radius 3 is 2.57 bits per heavy atom. The van der Waals surface area contributed by atoms with Gasteiger partial charge in [0.2, 0.25) is 0 Å². The number of nitrogens with one attached hydrogen (secondary N) is 1. The summed E-state index contributed by atoms with van der Waals surface area (Å²) in [4.78, 5) is 2.32. The van der Waals surface area contributed by atoms with E-state index >= 15 is 0 Å². The third kappa shape index (κ3) is 4.46. The fourth-order valence-corrected chi connectivity index (χ4v) is 2.70. The lowest BCUT2D eigenvalue weighted by Crippen LogP contribution is -2.18. The summed E-state index contributed by atoms with van der Waals surface area (Å²) in [5.74, 6) is 1.22. The third-order valence-electron chi connectivity index (χ3n) is 2.94. The highest BCUT2D eigenvalue weighted by atomic mass is 32.2. The molecule has 0 atom stereocenters. The predicted octanol–water partition coefficient (Wildman–Crippen LogP) is 2.41. The maximum Gasteiger partial charge on any atom is 0.276 e. The number of benzene rings is 2. The highest BCUT2D eigenvalue weighted by Crippen LogP contribution is 2.22. The molecule has 23 heavy (non-hydrogen) atoms. The van der Waals surface area contributed by atoms with Crippen LogP contribution in [0.15, 0.2) is 58.5 Å². The van der Waals surface area contributed by atoms with E-state index in [0.29, 0.717) is 23.7 Å². The minimum absolute atomic E-state index is 0.146. The van der Waals surface area contributed by atoms with Gasteiger partial charge in [0, 0.05) is 5.56 Å². The molecule has 0 saturated heterocycles. The molecule has 0 heterocycles. The summed E-state index contributed by atoms with van der Waals surface area (Å²) >= 11 is 0. The molecule has 122 valence electrons. The van der Waals surface area contributed by atoms with E-state index in [1.165, 1.54) is 25.5 Å². The number of methoxy groups -OCH3 is 1. The van der Waals surface area contributed by atoms with Crippen LogP contribution in [0.25, 0.3) is 0 Å². The minimum atomic E-state index is -3.69. The molecular weight excluding hydrogens is 316 g/mol. The number of sulfonamides is 1. The third-order valence-corrected chi connectivity index (χ3v) is 4.18. The zero-order chi connectivity index (χ0) is 16.7. The van der Waals surface area contributed by atoms with Gasteiger partial charge in [-0.1, -0.05) is 18.2 Å². The lowest BCUT2D eigenvalue weighted by atomic mass is 10.2. The number of ether oxygens (including phenoxy) is 2. The Balaban J connectivity index is 2.18. The SMILES string of the molecule is CCOc1ccc(OC)c(C=NNS(=O)(=O)c2ccccc2)c1. The van der Waals surface area contributed by atoms with E-state index in [9.17, 15) is 8.42 Å². The smallest absolute Gasteiger partial charge is 0.276 e. The predicted molar refractivity (Wildman–Crippen MR) is 88.5 cm³/mol. The van der Waals surface area contributed by atoms with Gasteiger partial charge in [-0.2, -0.15) is 13.5 Å². The van der Waals surface area contributed by atoms with Gasteiger partial charge in [-0.15, -0.1) is 0 Å². The van der Waals surface area contributed by atoms with Crippen molar-refractivity contribution in [2.24, 2.45) is 5.10 Å². The standard InChI is InChI=1S/C16H18N2O4S/c1-3-22-14-9-10-16(21-2)13(11-14)12-17-18-23(19,20)15-7-5-4-6-8-15/h4-12,18H,3H2,1-2H3. The summed E-state index contributed by atoms with van der Waals surface area (Å²) in [6.07, 6.45) is 1.38. The van der Waals surface area contributed by atoms with Gasteiger partial charge in [-0.05, 0) is 37.3 Å². The Morgan fingerprint density at radius 1 is 1.17 bits per heavy atom. The zero-order valence-corrected chi connectivity index (χ0v) is 13.7. The van der Waals surface area contributed by atoms with E-state index in [0.717, 1.165) is 0 Å². The van der Waals surface area contributed by atoms with Gasteiger partial charge in [-0.25, -0.2) is 4.83 Å².